The lowest BCUT2D eigenvalue weighted by Crippen LogP contribution is -2.27. The van der Waals surface area contributed by atoms with Gasteiger partial charge < -0.3 is 5.32 Å². The summed E-state index contributed by atoms with van der Waals surface area (Å²) in [6, 6.07) is 3.16. The van der Waals surface area contributed by atoms with Crippen molar-refractivity contribution in [3.63, 3.8) is 0 Å². The van der Waals surface area contributed by atoms with Gasteiger partial charge in [0, 0.05) is 24.8 Å². The van der Waals surface area contributed by atoms with Crippen LogP contribution >= 0.6 is 0 Å². The van der Waals surface area contributed by atoms with Crippen LogP contribution in [-0.4, -0.2) is 15.8 Å². The molecule has 0 fully saturated rings. The van der Waals surface area contributed by atoms with Crippen LogP contribution in [0.2, 0.25) is 0 Å². The molecule has 0 aliphatic heterocycles. The molecule has 3 heteroatoms. The van der Waals surface area contributed by atoms with Gasteiger partial charge in [-0.05, 0) is 32.8 Å². The Morgan fingerprint density at radius 2 is 2.00 bits per heavy atom. The third kappa shape index (κ3) is 3.67. The van der Waals surface area contributed by atoms with Crippen LogP contribution in [0.1, 0.15) is 52.3 Å². The maximum absolute atomic E-state index is 4.50. The molecule has 3 nitrogen and oxygen atoms in total. The molecule has 0 aliphatic carbocycles. The molecule has 0 bridgehead atoms. The summed E-state index contributed by atoms with van der Waals surface area (Å²) in [5, 5.41) is 8.02. The van der Waals surface area contributed by atoms with Gasteiger partial charge in [-0.3, -0.25) is 4.68 Å². The average molecular weight is 209 g/mol. The van der Waals surface area contributed by atoms with Crippen molar-refractivity contribution in [3.05, 3.63) is 18.0 Å². The van der Waals surface area contributed by atoms with Gasteiger partial charge in [-0.2, -0.15) is 5.10 Å². The molecule has 1 aromatic rings. The lowest BCUT2D eigenvalue weighted by molar-refractivity contribution is 0.471. The Morgan fingerprint density at radius 1 is 1.33 bits per heavy atom. The molecule has 0 saturated carbocycles. The third-order valence-corrected chi connectivity index (χ3v) is 2.75. The molecule has 0 radical (unpaired) electrons. The lowest BCUT2D eigenvalue weighted by Gasteiger charge is -2.13. The van der Waals surface area contributed by atoms with E-state index in [9.17, 15) is 0 Å². The fraction of sp³-hybridized carbons (Fsp3) is 0.750. The van der Waals surface area contributed by atoms with Crippen molar-refractivity contribution in [1.82, 2.24) is 15.1 Å². The van der Waals surface area contributed by atoms with Gasteiger partial charge in [-0.25, -0.2) is 0 Å². The van der Waals surface area contributed by atoms with Gasteiger partial charge in [-0.1, -0.05) is 13.8 Å². The molecule has 0 atom stereocenters. The van der Waals surface area contributed by atoms with Crippen LogP contribution in [0.4, 0.5) is 0 Å². The largest absolute Gasteiger partial charge is 0.308 e. The van der Waals surface area contributed by atoms with Gasteiger partial charge in [0.05, 0.1) is 5.69 Å². The molecule has 1 rings (SSSR count). The standard InChI is InChI=1S/C12H23N3/c1-5-11(6-2)13-9-12-7-8-15(14-12)10(3)4/h7-8,10-11,13H,5-6,9H2,1-4H3. The minimum Gasteiger partial charge on any atom is -0.308 e. The van der Waals surface area contributed by atoms with Gasteiger partial charge in [0.25, 0.3) is 0 Å². The summed E-state index contributed by atoms with van der Waals surface area (Å²) < 4.78 is 2.00. The number of nitrogens with one attached hydrogen (secondary N) is 1. The summed E-state index contributed by atoms with van der Waals surface area (Å²) in [5.41, 5.74) is 1.13. The van der Waals surface area contributed by atoms with E-state index in [-0.39, 0.29) is 0 Å². The quantitative estimate of drug-likeness (QED) is 0.780. The van der Waals surface area contributed by atoms with E-state index in [1.165, 1.54) is 12.8 Å². The normalized spacial score (nSPS) is 11.6. The first-order valence-corrected chi connectivity index (χ1v) is 5.94. The molecule has 86 valence electrons. The predicted octanol–water partition coefficient (Wildman–Crippen LogP) is 2.74. The van der Waals surface area contributed by atoms with Crippen LogP contribution < -0.4 is 5.32 Å². The van der Waals surface area contributed by atoms with Crippen LogP contribution in [-0.2, 0) is 6.54 Å². The van der Waals surface area contributed by atoms with Crippen LogP contribution in [0, 0.1) is 0 Å². The second-order valence-corrected chi connectivity index (χ2v) is 4.28. The Labute approximate surface area is 92.9 Å². The first-order valence-electron chi connectivity index (χ1n) is 5.94. The highest BCUT2D eigenvalue weighted by atomic mass is 15.3. The zero-order chi connectivity index (χ0) is 11.3. The summed E-state index contributed by atoms with van der Waals surface area (Å²) in [7, 11) is 0. The Morgan fingerprint density at radius 3 is 2.47 bits per heavy atom. The number of rotatable bonds is 6. The van der Waals surface area contributed by atoms with E-state index < -0.39 is 0 Å². The van der Waals surface area contributed by atoms with Crippen molar-refractivity contribution in [2.45, 2.75) is 59.2 Å². The van der Waals surface area contributed by atoms with Gasteiger partial charge in [0.1, 0.15) is 0 Å². The monoisotopic (exact) mass is 209 g/mol. The van der Waals surface area contributed by atoms with Gasteiger partial charge in [0.15, 0.2) is 0 Å². The second kappa shape index (κ2) is 5.91. The third-order valence-electron chi connectivity index (χ3n) is 2.75. The number of nitrogens with zero attached hydrogens (tertiary/aromatic N) is 2. The van der Waals surface area contributed by atoms with Gasteiger partial charge >= 0.3 is 0 Å². The minimum atomic E-state index is 0.451. The zero-order valence-corrected chi connectivity index (χ0v) is 10.3. The summed E-state index contributed by atoms with van der Waals surface area (Å²) in [6.45, 7) is 9.60. The second-order valence-electron chi connectivity index (χ2n) is 4.28. The van der Waals surface area contributed by atoms with E-state index in [0.717, 1.165) is 12.2 Å². The lowest BCUT2D eigenvalue weighted by atomic mass is 10.2. The molecule has 1 N–H and O–H groups in total. The molecule has 15 heavy (non-hydrogen) atoms. The first kappa shape index (κ1) is 12.2. The molecule has 0 amide bonds. The maximum Gasteiger partial charge on any atom is 0.0762 e. The van der Waals surface area contributed by atoms with E-state index >= 15 is 0 Å². The average Bonchev–Trinajstić information content (AvgIpc) is 2.68. The summed E-state index contributed by atoms with van der Waals surface area (Å²) in [4.78, 5) is 0. The first-order chi connectivity index (χ1) is 7.17. The summed E-state index contributed by atoms with van der Waals surface area (Å²) in [6.07, 6.45) is 4.41. The molecule has 1 heterocycles. The number of aromatic nitrogens is 2. The van der Waals surface area contributed by atoms with Crippen molar-refractivity contribution < 1.29 is 0 Å². The SMILES string of the molecule is CCC(CC)NCc1ccn(C(C)C)n1. The fourth-order valence-corrected chi connectivity index (χ4v) is 1.59. The molecular formula is C12H23N3. The van der Waals surface area contributed by atoms with Crippen LogP contribution in [0.5, 0.6) is 0 Å². The Bertz CT molecular complexity index is 274. The highest BCUT2D eigenvalue weighted by Gasteiger charge is 2.05. The van der Waals surface area contributed by atoms with Crippen LogP contribution in [0.3, 0.4) is 0 Å². The molecule has 1 aromatic heterocycles. The van der Waals surface area contributed by atoms with Crippen LogP contribution in [0.15, 0.2) is 12.3 Å². The highest BCUT2D eigenvalue weighted by molar-refractivity contribution is 4.99. The Kier molecular flexibility index (Phi) is 4.82. The number of hydrogen-bond acceptors (Lipinski definition) is 2. The molecule has 0 spiro atoms. The van der Waals surface area contributed by atoms with Crippen molar-refractivity contribution in [2.24, 2.45) is 0 Å². The van der Waals surface area contributed by atoms with Crippen molar-refractivity contribution in [1.29, 1.82) is 0 Å². The molecule has 0 unspecified atom stereocenters. The highest BCUT2D eigenvalue weighted by Crippen LogP contribution is 2.05. The predicted molar refractivity (Wildman–Crippen MR) is 63.8 cm³/mol. The van der Waals surface area contributed by atoms with Crippen molar-refractivity contribution >= 4 is 0 Å². The Balaban J connectivity index is 2.43. The molecule has 0 aromatic carbocycles. The van der Waals surface area contributed by atoms with E-state index in [2.05, 4.69) is 50.4 Å². The molecule has 0 saturated heterocycles. The maximum atomic E-state index is 4.50. The van der Waals surface area contributed by atoms with Gasteiger partial charge in [0.2, 0.25) is 0 Å². The summed E-state index contributed by atoms with van der Waals surface area (Å²) >= 11 is 0. The zero-order valence-electron chi connectivity index (χ0n) is 10.3. The van der Waals surface area contributed by atoms with E-state index in [1.807, 2.05) is 4.68 Å². The van der Waals surface area contributed by atoms with Crippen molar-refractivity contribution in [2.75, 3.05) is 0 Å². The summed E-state index contributed by atoms with van der Waals surface area (Å²) in [5.74, 6) is 0. The smallest absolute Gasteiger partial charge is 0.0762 e. The van der Waals surface area contributed by atoms with Crippen molar-refractivity contribution in [3.8, 4) is 0 Å². The Hall–Kier alpha value is -0.830. The van der Waals surface area contributed by atoms with E-state index in [1.54, 1.807) is 0 Å². The molecule has 0 aliphatic rings. The van der Waals surface area contributed by atoms with Crippen LogP contribution in [0.25, 0.3) is 0 Å². The fourth-order valence-electron chi connectivity index (χ4n) is 1.59. The number of hydrogen-bond donors (Lipinski definition) is 1. The molecular weight excluding hydrogens is 186 g/mol. The van der Waals surface area contributed by atoms with Gasteiger partial charge in [-0.15, -0.1) is 0 Å². The topological polar surface area (TPSA) is 29.9 Å². The van der Waals surface area contributed by atoms with E-state index in [0.29, 0.717) is 12.1 Å². The minimum absolute atomic E-state index is 0.451. The van der Waals surface area contributed by atoms with E-state index in [4.69, 9.17) is 0 Å².